The second-order valence-electron chi connectivity index (χ2n) is 5.40. The van der Waals surface area contributed by atoms with Gasteiger partial charge in [-0.25, -0.2) is 0 Å². The lowest BCUT2D eigenvalue weighted by molar-refractivity contribution is 0.0678. The standard InChI is InChI=1S/C13H26N2O/c16-13-6-2-1-4-11(13)10-15-12-5-3-8-14-9-7-12/h11-16H,1-10H2. The van der Waals surface area contributed by atoms with Gasteiger partial charge in [0, 0.05) is 12.6 Å². The number of nitrogens with one attached hydrogen (secondary N) is 2. The van der Waals surface area contributed by atoms with Crippen LogP contribution in [0, 0.1) is 5.92 Å². The molecule has 1 aliphatic heterocycles. The summed E-state index contributed by atoms with van der Waals surface area (Å²) in [6, 6.07) is 0.670. The summed E-state index contributed by atoms with van der Waals surface area (Å²) in [5, 5.41) is 17.0. The minimum absolute atomic E-state index is 0.0508. The predicted octanol–water partition coefficient (Wildman–Crippen LogP) is 1.27. The Kier molecular flexibility index (Phi) is 5.07. The smallest absolute Gasteiger partial charge is 0.0580 e. The van der Waals surface area contributed by atoms with Crippen molar-refractivity contribution >= 4 is 0 Å². The van der Waals surface area contributed by atoms with Crippen LogP contribution in [0.25, 0.3) is 0 Å². The van der Waals surface area contributed by atoms with E-state index in [-0.39, 0.29) is 6.10 Å². The average Bonchev–Trinajstić information content (AvgIpc) is 2.56. The minimum atomic E-state index is -0.0508. The minimum Gasteiger partial charge on any atom is -0.393 e. The Labute approximate surface area is 99.0 Å². The van der Waals surface area contributed by atoms with E-state index in [2.05, 4.69) is 10.6 Å². The van der Waals surface area contributed by atoms with Gasteiger partial charge in [0.25, 0.3) is 0 Å². The third-order valence-corrected chi connectivity index (χ3v) is 4.11. The van der Waals surface area contributed by atoms with Crippen molar-refractivity contribution in [3.63, 3.8) is 0 Å². The Balaban J connectivity index is 1.68. The zero-order valence-corrected chi connectivity index (χ0v) is 10.3. The molecule has 3 nitrogen and oxygen atoms in total. The van der Waals surface area contributed by atoms with Gasteiger partial charge in [-0.3, -0.25) is 0 Å². The first-order chi connectivity index (χ1) is 7.86. The molecule has 16 heavy (non-hydrogen) atoms. The van der Waals surface area contributed by atoms with Crippen LogP contribution in [0.3, 0.4) is 0 Å². The molecule has 0 spiro atoms. The monoisotopic (exact) mass is 226 g/mol. The van der Waals surface area contributed by atoms with Crippen LogP contribution in [0.15, 0.2) is 0 Å². The first-order valence-corrected chi connectivity index (χ1v) is 6.98. The van der Waals surface area contributed by atoms with E-state index >= 15 is 0 Å². The third-order valence-electron chi connectivity index (χ3n) is 4.11. The molecule has 0 radical (unpaired) electrons. The maximum absolute atomic E-state index is 9.90. The molecule has 94 valence electrons. The normalized spacial score (nSPS) is 36.9. The van der Waals surface area contributed by atoms with E-state index in [0.717, 1.165) is 19.5 Å². The van der Waals surface area contributed by atoms with Gasteiger partial charge in [-0.2, -0.15) is 0 Å². The fourth-order valence-electron chi connectivity index (χ4n) is 2.97. The number of rotatable bonds is 3. The van der Waals surface area contributed by atoms with Crippen molar-refractivity contribution in [2.75, 3.05) is 19.6 Å². The summed E-state index contributed by atoms with van der Waals surface area (Å²) in [5.74, 6) is 0.505. The van der Waals surface area contributed by atoms with Crippen molar-refractivity contribution in [2.24, 2.45) is 5.92 Å². The number of hydrogen-bond acceptors (Lipinski definition) is 3. The van der Waals surface area contributed by atoms with Crippen molar-refractivity contribution in [1.29, 1.82) is 0 Å². The van der Waals surface area contributed by atoms with Gasteiger partial charge in [-0.05, 0) is 51.1 Å². The highest BCUT2D eigenvalue weighted by atomic mass is 16.3. The molecular formula is C13H26N2O. The molecule has 0 aromatic rings. The molecule has 1 saturated heterocycles. The Bertz CT molecular complexity index is 190. The van der Waals surface area contributed by atoms with E-state index < -0.39 is 0 Å². The molecule has 1 aliphatic carbocycles. The van der Waals surface area contributed by atoms with Gasteiger partial charge in [0.1, 0.15) is 0 Å². The molecule has 0 amide bonds. The van der Waals surface area contributed by atoms with Crippen LogP contribution in [-0.4, -0.2) is 36.9 Å². The summed E-state index contributed by atoms with van der Waals surface area (Å²) >= 11 is 0. The molecule has 0 aromatic heterocycles. The molecule has 2 aliphatic rings. The zero-order chi connectivity index (χ0) is 11.2. The summed E-state index contributed by atoms with van der Waals surface area (Å²) in [6.07, 6.45) is 8.49. The van der Waals surface area contributed by atoms with E-state index in [1.54, 1.807) is 0 Å². The van der Waals surface area contributed by atoms with Crippen molar-refractivity contribution < 1.29 is 5.11 Å². The molecular weight excluding hydrogens is 200 g/mol. The predicted molar refractivity (Wildman–Crippen MR) is 66.5 cm³/mol. The maximum Gasteiger partial charge on any atom is 0.0580 e. The topological polar surface area (TPSA) is 44.3 Å². The summed E-state index contributed by atoms with van der Waals surface area (Å²) in [6.45, 7) is 3.33. The van der Waals surface area contributed by atoms with Crippen molar-refractivity contribution in [3.05, 3.63) is 0 Å². The second-order valence-corrected chi connectivity index (χ2v) is 5.40. The van der Waals surface area contributed by atoms with Gasteiger partial charge in [0.15, 0.2) is 0 Å². The lowest BCUT2D eigenvalue weighted by atomic mass is 9.86. The lowest BCUT2D eigenvalue weighted by Crippen LogP contribution is -2.39. The Morgan fingerprint density at radius 1 is 1.00 bits per heavy atom. The molecule has 1 saturated carbocycles. The fraction of sp³-hybridized carbons (Fsp3) is 1.00. The zero-order valence-electron chi connectivity index (χ0n) is 10.3. The van der Waals surface area contributed by atoms with Crippen LogP contribution in [0.2, 0.25) is 0 Å². The molecule has 3 unspecified atom stereocenters. The molecule has 2 rings (SSSR count). The van der Waals surface area contributed by atoms with Gasteiger partial charge in [0.2, 0.25) is 0 Å². The molecule has 3 heteroatoms. The molecule has 0 bridgehead atoms. The fourth-order valence-corrected chi connectivity index (χ4v) is 2.97. The summed E-state index contributed by atoms with van der Waals surface area (Å²) in [5.41, 5.74) is 0. The van der Waals surface area contributed by atoms with Gasteiger partial charge in [-0.15, -0.1) is 0 Å². The van der Waals surface area contributed by atoms with Crippen LogP contribution < -0.4 is 10.6 Å². The second kappa shape index (κ2) is 6.58. The maximum atomic E-state index is 9.90. The van der Waals surface area contributed by atoms with Crippen LogP contribution in [0.4, 0.5) is 0 Å². The van der Waals surface area contributed by atoms with Crippen LogP contribution >= 0.6 is 0 Å². The number of aliphatic hydroxyl groups excluding tert-OH is 1. The summed E-state index contributed by atoms with van der Waals surface area (Å²) in [7, 11) is 0. The van der Waals surface area contributed by atoms with E-state index in [1.165, 1.54) is 45.1 Å². The largest absolute Gasteiger partial charge is 0.393 e. The first kappa shape index (κ1) is 12.3. The summed E-state index contributed by atoms with van der Waals surface area (Å²) < 4.78 is 0. The van der Waals surface area contributed by atoms with Gasteiger partial charge >= 0.3 is 0 Å². The van der Waals surface area contributed by atoms with Crippen molar-refractivity contribution in [1.82, 2.24) is 10.6 Å². The van der Waals surface area contributed by atoms with E-state index in [9.17, 15) is 5.11 Å². The Morgan fingerprint density at radius 2 is 1.88 bits per heavy atom. The van der Waals surface area contributed by atoms with Crippen molar-refractivity contribution in [2.45, 2.75) is 57.1 Å². The lowest BCUT2D eigenvalue weighted by Gasteiger charge is -2.29. The van der Waals surface area contributed by atoms with Crippen LogP contribution in [-0.2, 0) is 0 Å². The number of aliphatic hydroxyl groups is 1. The van der Waals surface area contributed by atoms with Gasteiger partial charge in [0.05, 0.1) is 6.10 Å². The molecule has 3 atom stereocenters. The van der Waals surface area contributed by atoms with Crippen LogP contribution in [0.1, 0.15) is 44.9 Å². The Morgan fingerprint density at radius 3 is 2.75 bits per heavy atom. The Hall–Kier alpha value is -0.120. The van der Waals surface area contributed by atoms with E-state index in [0.29, 0.717) is 12.0 Å². The quantitative estimate of drug-likeness (QED) is 0.679. The third kappa shape index (κ3) is 3.72. The average molecular weight is 226 g/mol. The van der Waals surface area contributed by atoms with E-state index in [4.69, 9.17) is 0 Å². The van der Waals surface area contributed by atoms with Crippen molar-refractivity contribution in [3.8, 4) is 0 Å². The SMILES string of the molecule is OC1CCCCC1CNC1CCCNCC1. The van der Waals surface area contributed by atoms with Crippen LogP contribution in [0.5, 0.6) is 0 Å². The molecule has 2 fully saturated rings. The summed E-state index contributed by atoms with van der Waals surface area (Å²) in [4.78, 5) is 0. The molecule has 1 heterocycles. The highest BCUT2D eigenvalue weighted by molar-refractivity contribution is 4.79. The highest BCUT2D eigenvalue weighted by Crippen LogP contribution is 2.24. The number of hydrogen-bond donors (Lipinski definition) is 3. The van der Waals surface area contributed by atoms with E-state index in [1.807, 2.05) is 0 Å². The van der Waals surface area contributed by atoms with Gasteiger partial charge < -0.3 is 15.7 Å². The highest BCUT2D eigenvalue weighted by Gasteiger charge is 2.23. The molecule has 0 aromatic carbocycles. The molecule has 3 N–H and O–H groups in total. The first-order valence-electron chi connectivity index (χ1n) is 6.98. The van der Waals surface area contributed by atoms with Gasteiger partial charge in [-0.1, -0.05) is 12.8 Å².